The maximum absolute atomic E-state index is 8.83. The number of hydrogen-bond donors (Lipinski definition) is 2. The summed E-state index contributed by atoms with van der Waals surface area (Å²) in [6, 6.07) is 0. The Balaban J connectivity index is 3.17. The average molecular weight is 183 g/mol. The quantitative estimate of drug-likeness (QED) is 0.637. The highest BCUT2D eigenvalue weighted by molar-refractivity contribution is 9.09. The van der Waals surface area contributed by atoms with E-state index in [0.29, 0.717) is 6.42 Å². The molecule has 0 bridgehead atoms. The fourth-order valence-electron chi connectivity index (χ4n) is 0.433. The zero-order chi connectivity index (χ0) is 6.57. The molecule has 0 heterocycles. The fourth-order valence-corrected chi connectivity index (χ4v) is 0.698. The third-order valence-corrected chi connectivity index (χ3v) is 1.51. The Labute approximate surface area is 57.7 Å². The van der Waals surface area contributed by atoms with Crippen LogP contribution in [0, 0.1) is 0 Å². The van der Waals surface area contributed by atoms with Gasteiger partial charge in [0.2, 0.25) is 0 Å². The molecule has 0 aliphatic rings. The molecule has 0 aromatic rings. The number of aliphatic hydroxyl groups excluding tert-OH is 2. The molecule has 0 aliphatic heterocycles. The van der Waals surface area contributed by atoms with Crippen LogP contribution in [0.3, 0.4) is 0 Å². The molecule has 8 heavy (non-hydrogen) atoms. The van der Waals surface area contributed by atoms with E-state index in [9.17, 15) is 0 Å². The van der Waals surface area contributed by atoms with Gasteiger partial charge in [0.25, 0.3) is 0 Å². The van der Waals surface area contributed by atoms with Crippen molar-refractivity contribution in [1.29, 1.82) is 0 Å². The Bertz CT molecular complexity index is 56.4. The SMILES string of the molecule is CCCC(O)C(O)Br. The standard InChI is InChI=1S/C5H11BrO2/c1-2-3-4(7)5(6)8/h4-5,7-8H,2-3H2,1H3. The minimum atomic E-state index is -0.762. The van der Waals surface area contributed by atoms with E-state index in [0.717, 1.165) is 6.42 Å². The second-order valence-corrected chi connectivity index (χ2v) is 2.67. The second kappa shape index (κ2) is 4.30. The van der Waals surface area contributed by atoms with Crippen molar-refractivity contribution in [2.45, 2.75) is 30.9 Å². The lowest BCUT2D eigenvalue weighted by Gasteiger charge is -2.08. The van der Waals surface area contributed by atoms with Crippen LogP contribution in [0.5, 0.6) is 0 Å². The molecule has 2 unspecified atom stereocenters. The van der Waals surface area contributed by atoms with Gasteiger partial charge in [-0.2, -0.15) is 0 Å². The first kappa shape index (κ1) is 8.40. The van der Waals surface area contributed by atoms with E-state index in [2.05, 4.69) is 15.9 Å². The minimum Gasteiger partial charge on any atom is -0.390 e. The predicted octanol–water partition coefficient (Wildman–Crippen LogP) is 0.861. The molecule has 3 heteroatoms. The van der Waals surface area contributed by atoms with Crippen LogP contribution >= 0.6 is 15.9 Å². The van der Waals surface area contributed by atoms with Crippen LogP contribution in [0.2, 0.25) is 0 Å². The van der Waals surface area contributed by atoms with Crippen LogP contribution in [0.4, 0.5) is 0 Å². The lowest BCUT2D eigenvalue weighted by Crippen LogP contribution is -2.18. The summed E-state index contributed by atoms with van der Waals surface area (Å²) in [6.07, 6.45) is 0.927. The molecular formula is C5H11BrO2. The first-order valence-electron chi connectivity index (χ1n) is 2.68. The molecule has 0 saturated carbocycles. The zero-order valence-corrected chi connectivity index (χ0v) is 6.43. The molecule has 0 rings (SSSR count). The third-order valence-electron chi connectivity index (χ3n) is 0.902. The lowest BCUT2D eigenvalue weighted by atomic mass is 10.2. The second-order valence-electron chi connectivity index (χ2n) is 1.73. The number of rotatable bonds is 3. The summed E-state index contributed by atoms with van der Waals surface area (Å²) in [5.41, 5.74) is 0. The van der Waals surface area contributed by atoms with E-state index in [4.69, 9.17) is 10.2 Å². The van der Waals surface area contributed by atoms with Crippen molar-refractivity contribution in [2.24, 2.45) is 0 Å². The summed E-state index contributed by atoms with van der Waals surface area (Å²) in [5, 5.41) is 16.7. The molecule has 0 aliphatic carbocycles. The summed E-state index contributed by atoms with van der Waals surface area (Å²) in [5.74, 6) is 0. The Hall–Kier alpha value is 0.400. The van der Waals surface area contributed by atoms with E-state index < -0.39 is 11.1 Å². The van der Waals surface area contributed by atoms with Crippen LogP contribution in [-0.2, 0) is 0 Å². The highest BCUT2D eigenvalue weighted by atomic mass is 79.9. The molecule has 2 N–H and O–H groups in total. The van der Waals surface area contributed by atoms with Gasteiger partial charge in [0, 0.05) is 0 Å². The van der Waals surface area contributed by atoms with Gasteiger partial charge in [-0.05, 0) is 6.42 Å². The Morgan fingerprint density at radius 3 is 2.12 bits per heavy atom. The van der Waals surface area contributed by atoms with Crippen LogP contribution in [0.1, 0.15) is 19.8 Å². The van der Waals surface area contributed by atoms with Gasteiger partial charge in [-0.15, -0.1) is 0 Å². The van der Waals surface area contributed by atoms with Crippen molar-refractivity contribution >= 4 is 15.9 Å². The average Bonchev–Trinajstić information content (AvgIpc) is 1.67. The highest BCUT2D eigenvalue weighted by Crippen LogP contribution is 2.06. The fraction of sp³-hybridized carbons (Fsp3) is 1.00. The molecule has 2 nitrogen and oxygen atoms in total. The molecule has 2 atom stereocenters. The van der Waals surface area contributed by atoms with E-state index in [1.165, 1.54) is 0 Å². The first-order chi connectivity index (χ1) is 3.68. The highest BCUT2D eigenvalue weighted by Gasteiger charge is 2.09. The van der Waals surface area contributed by atoms with Gasteiger partial charge in [-0.1, -0.05) is 29.3 Å². The summed E-state index contributed by atoms with van der Waals surface area (Å²) in [7, 11) is 0. The maximum atomic E-state index is 8.83. The summed E-state index contributed by atoms with van der Waals surface area (Å²) >= 11 is 2.85. The molecule has 0 aromatic carbocycles. The van der Waals surface area contributed by atoms with E-state index in [1.54, 1.807) is 0 Å². The lowest BCUT2D eigenvalue weighted by molar-refractivity contribution is 0.0705. The van der Waals surface area contributed by atoms with Crippen molar-refractivity contribution in [3.05, 3.63) is 0 Å². The van der Waals surface area contributed by atoms with Crippen LogP contribution < -0.4 is 0 Å². The van der Waals surface area contributed by atoms with Gasteiger partial charge in [0.15, 0.2) is 0 Å². The van der Waals surface area contributed by atoms with Gasteiger partial charge in [-0.25, -0.2) is 0 Å². The van der Waals surface area contributed by atoms with Crippen molar-refractivity contribution in [3.8, 4) is 0 Å². The number of alkyl halides is 1. The van der Waals surface area contributed by atoms with Gasteiger partial charge in [-0.3, -0.25) is 0 Å². The molecule has 50 valence electrons. The van der Waals surface area contributed by atoms with Gasteiger partial charge >= 0.3 is 0 Å². The Kier molecular flexibility index (Phi) is 4.51. The third kappa shape index (κ3) is 3.41. The van der Waals surface area contributed by atoms with Crippen LogP contribution in [0.25, 0.3) is 0 Å². The number of halogens is 1. The molecule has 0 saturated heterocycles. The first-order valence-corrected chi connectivity index (χ1v) is 3.60. The molecule has 0 spiro atoms. The van der Waals surface area contributed by atoms with Gasteiger partial charge < -0.3 is 10.2 Å². The smallest absolute Gasteiger partial charge is 0.134 e. The predicted molar refractivity (Wildman–Crippen MR) is 35.8 cm³/mol. The van der Waals surface area contributed by atoms with Crippen molar-refractivity contribution < 1.29 is 10.2 Å². The van der Waals surface area contributed by atoms with Gasteiger partial charge in [0.1, 0.15) is 5.01 Å². The van der Waals surface area contributed by atoms with Crippen LogP contribution in [0.15, 0.2) is 0 Å². The monoisotopic (exact) mass is 182 g/mol. The minimum absolute atomic E-state index is 0.611. The normalized spacial score (nSPS) is 18.0. The van der Waals surface area contributed by atoms with E-state index in [-0.39, 0.29) is 0 Å². The van der Waals surface area contributed by atoms with Crippen molar-refractivity contribution in [1.82, 2.24) is 0 Å². The molecule has 0 radical (unpaired) electrons. The molecular weight excluding hydrogens is 172 g/mol. The van der Waals surface area contributed by atoms with E-state index in [1.807, 2.05) is 6.92 Å². The summed E-state index contributed by atoms with van der Waals surface area (Å²) in [4.78, 5) is 0. The zero-order valence-electron chi connectivity index (χ0n) is 4.84. The number of aliphatic hydroxyl groups is 2. The Morgan fingerprint density at radius 1 is 1.50 bits per heavy atom. The summed E-state index contributed by atoms with van der Waals surface area (Å²) < 4.78 is 0. The van der Waals surface area contributed by atoms with E-state index >= 15 is 0 Å². The largest absolute Gasteiger partial charge is 0.390 e. The topological polar surface area (TPSA) is 40.5 Å². The van der Waals surface area contributed by atoms with Crippen LogP contribution in [-0.4, -0.2) is 21.3 Å². The number of hydrogen-bond acceptors (Lipinski definition) is 2. The Morgan fingerprint density at radius 2 is 2.00 bits per heavy atom. The van der Waals surface area contributed by atoms with Crippen molar-refractivity contribution in [3.63, 3.8) is 0 Å². The molecule has 0 fully saturated rings. The molecule has 0 amide bonds. The van der Waals surface area contributed by atoms with Crippen molar-refractivity contribution in [2.75, 3.05) is 0 Å². The maximum Gasteiger partial charge on any atom is 0.134 e. The molecule has 0 aromatic heterocycles. The summed E-state index contributed by atoms with van der Waals surface area (Å²) in [6.45, 7) is 1.96. The van der Waals surface area contributed by atoms with Gasteiger partial charge in [0.05, 0.1) is 6.10 Å².